The molecule has 1 unspecified atom stereocenters. The van der Waals surface area contributed by atoms with Crippen LogP contribution in [-0.4, -0.2) is 34.1 Å². The lowest BCUT2D eigenvalue weighted by Crippen LogP contribution is -2.43. The maximum absolute atomic E-state index is 11.3. The van der Waals surface area contributed by atoms with E-state index >= 15 is 0 Å². The molecule has 3 N–H and O–H groups in total. The van der Waals surface area contributed by atoms with Crippen molar-refractivity contribution < 1.29 is 8.42 Å². The number of hydrogen-bond acceptors (Lipinski definition) is 4. The lowest BCUT2D eigenvalue weighted by atomic mass is 10.0. The maximum atomic E-state index is 11.3. The van der Waals surface area contributed by atoms with Gasteiger partial charge < -0.3 is 10.2 Å². The predicted molar refractivity (Wildman–Crippen MR) is 81.3 cm³/mol. The average molecular weight is 297 g/mol. The topological polar surface area (TPSA) is 75.4 Å². The van der Waals surface area contributed by atoms with Gasteiger partial charge in [0.25, 0.3) is 0 Å². The minimum absolute atomic E-state index is 0.160. The number of likely N-dealkylation sites (N-methyl/N-ethyl adjacent to an activating group) is 1. The Hall–Kier alpha value is -1.11. The molecule has 20 heavy (non-hydrogen) atoms. The quantitative estimate of drug-likeness (QED) is 0.859. The van der Waals surface area contributed by atoms with Crippen LogP contribution in [0.2, 0.25) is 0 Å². The molecule has 1 saturated heterocycles. The lowest BCUT2D eigenvalue weighted by molar-refractivity contribution is 0.400. The van der Waals surface area contributed by atoms with Gasteiger partial charge in [-0.1, -0.05) is 6.42 Å². The van der Waals surface area contributed by atoms with Gasteiger partial charge in [0.05, 0.1) is 4.90 Å². The van der Waals surface area contributed by atoms with E-state index in [0.717, 1.165) is 25.3 Å². The first-order valence-corrected chi connectivity index (χ1v) is 8.66. The molecule has 0 spiro atoms. The summed E-state index contributed by atoms with van der Waals surface area (Å²) in [4.78, 5) is 2.42. The average Bonchev–Trinajstić information content (AvgIpc) is 2.45. The van der Waals surface area contributed by atoms with Gasteiger partial charge >= 0.3 is 0 Å². The van der Waals surface area contributed by atoms with Crippen molar-refractivity contribution in [1.82, 2.24) is 5.32 Å². The van der Waals surface area contributed by atoms with Gasteiger partial charge in [-0.25, -0.2) is 13.6 Å². The summed E-state index contributed by atoms with van der Waals surface area (Å²) in [6, 6.07) is 7.31. The Morgan fingerprint density at radius 2 is 2.00 bits per heavy atom. The number of benzene rings is 1. The van der Waals surface area contributed by atoms with Crippen molar-refractivity contribution in [3.05, 3.63) is 24.3 Å². The minimum Gasteiger partial charge on any atom is -0.370 e. The zero-order valence-corrected chi connectivity index (χ0v) is 12.7. The number of piperidine rings is 1. The fourth-order valence-electron chi connectivity index (χ4n) is 2.61. The van der Waals surface area contributed by atoms with Crippen molar-refractivity contribution in [2.45, 2.75) is 37.1 Å². The molecule has 0 amide bonds. The van der Waals surface area contributed by atoms with Crippen molar-refractivity contribution in [1.29, 1.82) is 0 Å². The van der Waals surface area contributed by atoms with Crippen molar-refractivity contribution in [3.8, 4) is 0 Å². The zero-order valence-electron chi connectivity index (χ0n) is 11.9. The second-order valence-corrected chi connectivity index (χ2v) is 6.79. The SMILES string of the molecule is CCN(CC1CCCCN1)c1ccc(S(N)(=O)=O)cc1. The van der Waals surface area contributed by atoms with Crippen LogP contribution < -0.4 is 15.4 Å². The molecule has 0 radical (unpaired) electrons. The second kappa shape index (κ2) is 6.56. The molecule has 112 valence electrons. The summed E-state index contributed by atoms with van der Waals surface area (Å²) < 4.78 is 22.5. The molecule has 0 bridgehead atoms. The Morgan fingerprint density at radius 1 is 1.30 bits per heavy atom. The first kappa shape index (κ1) is 15.3. The summed E-state index contributed by atoms with van der Waals surface area (Å²) in [5.74, 6) is 0. The number of hydrogen-bond donors (Lipinski definition) is 2. The van der Waals surface area contributed by atoms with E-state index in [0.29, 0.717) is 6.04 Å². The van der Waals surface area contributed by atoms with Gasteiger partial charge in [0.1, 0.15) is 0 Å². The fraction of sp³-hybridized carbons (Fsp3) is 0.571. The highest BCUT2D eigenvalue weighted by Gasteiger charge is 2.16. The summed E-state index contributed by atoms with van der Waals surface area (Å²) in [5, 5.41) is 8.65. The Balaban J connectivity index is 2.07. The number of nitrogens with one attached hydrogen (secondary N) is 1. The predicted octanol–water partition coefficient (Wildman–Crippen LogP) is 1.30. The molecule has 1 aliphatic rings. The van der Waals surface area contributed by atoms with Gasteiger partial charge in [0, 0.05) is 24.8 Å². The molecule has 1 heterocycles. The largest absolute Gasteiger partial charge is 0.370 e. The first-order chi connectivity index (χ1) is 9.50. The normalized spacial score (nSPS) is 19.8. The van der Waals surface area contributed by atoms with E-state index in [1.807, 2.05) is 12.1 Å². The van der Waals surface area contributed by atoms with E-state index in [-0.39, 0.29) is 4.90 Å². The number of nitrogens with two attached hydrogens (primary N) is 1. The second-order valence-electron chi connectivity index (χ2n) is 5.22. The summed E-state index contributed by atoms with van der Waals surface area (Å²) >= 11 is 0. The third-order valence-electron chi connectivity index (χ3n) is 3.77. The molecular formula is C14H23N3O2S. The highest BCUT2D eigenvalue weighted by molar-refractivity contribution is 7.89. The van der Waals surface area contributed by atoms with Crippen LogP contribution >= 0.6 is 0 Å². The standard InChI is InChI=1S/C14H23N3O2S/c1-2-17(11-12-5-3-4-10-16-12)13-6-8-14(9-7-13)20(15,18)19/h6-9,12,16H,2-5,10-11H2,1H3,(H2,15,18,19). The van der Waals surface area contributed by atoms with Gasteiger partial charge in [0.15, 0.2) is 0 Å². The molecule has 1 aliphatic heterocycles. The number of sulfonamides is 1. The summed E-state index contributed by atoms with van der Waals surface area (Å²) in [6.07, 6.45) is 3.73. The van der Waals surface area contributed by atoms with E-state index in [4.69, 9.17) is 5.14 Å². The summed E-state index contributed by atoms with van der Waals surface area (Å²) in [7, 11) is -3.61. The van der Waals surface area contributed by atoms with Gasteiger partial charge in [-0.05, 0) is 50.6 Å². The molecule has 2 rings (SSSR count). The first-order valence-electron chi connectivity index (χ1n) is 7.12. The van der Waals surface area contributed by atoms with Gasteiger partial charge in [-0.2, -0.15) is 0 Å². The Kier molecular flexibility index (Phi) is 5.01. The van der Waals surface area contributed by atoms with Crippen LogP contribution in [0.15, 0.2) is 29.2 Å². The van der Waals surface area contributed by atoms with Crippen molar-refractivity contribution in [3.63, 3.8) is 0 Å². The molecular weight excluding hydrogens is 274 g/mol. The van der Waals surface area contributed by atoms with Crippen LogP contribution in [0, 0.1) is 0 Å². The zero-order chi connectivity index (χ0) is 14.6. The van der Waals surface area contributed by atoms with E-state index < -0.39 is 10.0 Å². The third kappa shape index (κ3) is 3.94. The van der Waals surface area contributed by atoms with E-state index in [2.05, 4.69) is 17.1 Å². The number of nitrogens with zero attached hydrogens (tertiary/aromatic N) is 1. The monoisotopic (exact) mass is 297 g/mol. The van der Waals surface area contributed by atoms with Crippen molar-refractivity contribution in [2.24, 2.45) is 5.14 Å². The molecule has 1 fully saturated rings. The lowest BCUT2D eigenvalue weighted by Gasteiger charge is -2.31. The van der Waals surface area contributed by atoms with Crippen LogP contribution in [0.5, 0.6) is 0 Å². The van der Waals surface area contributed by atoms with Gasteiger partial charge in [-0.15, -0.1) is 0 Å². The van der Waals surface area contributed by atoms with Crippen LogP contribution in [0.4, 0.5) is 5.69 Å². The molecule has 5 nitrogen and oxygen atoms in total. The highest BCUT2D eigenvalue weighted by Crippen LogP contribution is 2.19. The van der Waals surface area contributed by atoms with Crippen LogP contribution in [0.1, 0.15) is 26.2 Å². The summed E-state index contributed by atoms with van der Waals surface area (Å²) in [5.41, 5.74) is 1.03. The Morgan fingerprint density at radius 3 is 2.50 bits per heavy atom. The van der Waals surface area contributed by atoms with Gasteiger partial charge in [-0.3, -0.25) is 0 Å². The minimum atomic E-state index is -3.61. The maximum Gasteiger partial charge on any atom is 0.238 e. The van der Waals surface area contributed by atoms with Crippen LogP contribution in [0.3, 0.4) is 0 Å². The molecule has 0 aliphatic carbocycles. The van der Waals surface area contributed by atoms with Crippen molar-refractivity contribution >= 4 is 15.7 Å². The Bertz CT molecular complexity index is 522. The molecule has 0 aromatic heterocycles. The van der Waals surface area contributed by atoms with E-state index in [1.165, 1.54) is 19.3 Å². The molecule has 0 saturated carbocycles. The molecule has 1 aromatic carbocycles. The smallest absolute Gasteiger partial charge is 0.238 e. The number of primary sulfonamides is 1. The summed E-state index contributed by atoms with van der Waals surface area (Å²) in [6.45, 7) is 5.04. The third-order valence-corrected chi connectivity index (χ3v) is 4.69. The number of anilines is 1. The molecule has 1 atom stereocenters. The van der Waals surface area contributed by atoms with E-state index in [1.54, 1.807) is 12.1 Å². The highest BCUT2D eigenvalue weighted by atomic mass is 32.2. The molecule has 6 heteroatoms. The van der Waals surface area contributed by atoms with Crippen LogP contribution in [-0.2, 0) is 10.0 Å². The fourth-order valence-corrected chi connectivity index (χ4v) is 3.13. The number of rotatable bonds is 5. The molecule has 1 aromatic rings. The van der Waals surface area contributed by atoms with Crippen LogP contribution in [0.25, 0.3) is 0 Å². The van der Waals surface area contributed by atoms with Crippen molar-refractivity contribution in [2.75, 3.05) is 24.5 Å². The van der Waals surface area contributed by atoms with E-state index in [9.17, 15) is 8.42 Å². The Labute approximate surface area is 121 Å². The van der Waals surface area contributed by atoms with Gasteiger partial charge in [0.2, 0.25) is 10.0 Å².